The van der Waals surface area contributed by atoms with E-state index < -0.39 is 0 Å². The maximum absolute atomic E-state index is 5.68. The molecule has 2 N–H and O–H groups in total. The van der Waals surface area contributed by atoms with E-state index in [1.807, 2.05) is 69.3 Å². The summed E-state index contributed by atoms with van der Waals surface area (Å²) in [7, 11) is 3.24. The molecule has 1 heterocycles. The van der Waals surface area contributed by atoms with Crippen molar-refractivity contribution in [1.82, 2.24) is 9.97 Å². The quantitative estimate of drug-likeness (QED) is 0.552. The molecule has 0 amide bonds. The Balaban J connectivity index is 1.78. The molecule has 0 unspecified atom stereocenters. The molecule has 0 fully saturated rings. The van der Waals surface area contributed by atoms with Gasteiger partial charge in [0.2, 0.25) is 0 Å². The zero-order chi connectivity index (χ0) is 20.8. The Bertz CT molecular complexity index is 959. The second-order valence-corrected chi connectivity index (χ2v) is 6.69. The summed E-state index contributed by atoms with van der Waals surface area (Å²) in [5.41, 5.74) is 1.69. The van der Waals surface area contributed by atoms with Crippen LogP contribution in [0.15, 0.2) is 48.5 Å². The Kier molecular flexibility index (Phi) is 6.39. The average Bonchev–Trinajstić information content (AvgIpc) is 2.69. The molecule has 0 aliphatic rings. The molecule has 0 radical (unpaired) electrons. The number of benzene rings is 2. The normalized spacial score (nSPS) is 10.6. The summed E-state index contributed by atoms with van der Waals surface area (Å²) in [5, 5.41) is 6.58. The van der Waals surface area contributed by atoms with Gasteiger partial charge in [0.15, 0.2) is 0 Å². The smallest absolute Gasteiger partial charge is 0.146 e. The molecule has 0 aliphatic carbocycles. The Morgan fingerprint density at radius 3 is 2.07 bits per heavy atom. The van der Waals surface area contributed by atoms with E-state index >= 15 is 0 Å². The topological polar surface area (TPSA) is 77.5 Å². The number of aryl methyl sites for hydroxylation is 1. The number of methoxy groups -OCH3 is 2. The van der Waals surface area contributed by atoms with Crippen molar-refractivity contribution in [3.8, 4) is 17.2 Å². The van der Waals surface area contributed by atoms with E-state index in [2.05, 4.69) is 20.6 Å². The summed E-state index contributed by atoms with van der Waals surface area (Å²) in [6, 6.07) is 15.2. The predicted molar refractivity (Wildman–Crippen MR) is 115 cm³/mol. The van der Waals surface area contributed by atoms with Gasteiger partial charge in [0.25, 0.3) is 0 Å². The lowest BCUT2D eigenvalue weighted by molar-refractivity contribution is 0.242. The second-order valence-electron chi connectivity index (χ2n) is 6.69. The van der Waals surface area contributed by atoms with Gasteiger partial charge in [-0.15, -0.1) is 0 Å². The maximum atomic E-state index is 5.68. The lowest BCUT2D eigenvalue weighted by atomic mass is 10.2. The second kappa shape index (κ2) is 9.14. The van der Waals surface area contributed by atoms with Crippen molar-refractivity contribution < 1.29 is 14.2 Å². The van der Waals surface area contributed by atoms with Gasteiger partial charge < -0.3 is 24.8 Å². The van der Waals surface area contributed by atoms with E-state index in [1.165, 1.54) is 0 Å². The number of ether oxygens (including phenoxy) is 3. The lowest BCUT2D eigenvalue weighted by Crippen LogP contribution is -2.05. The minimum Gasteiger partial charge on any atom is -0.497 e. The third kappa shape index (κ3) is 5.51. The highest BCUT2D eigenvalue weighted by atomic mass is 16.5. The van der Waals surface area contributed by atoms with Gasteiger partial charge in [0.05, 0.1) is 26.0 Å². The van der Waals surface area contributed by atoms with Crippen molar-refractivity contribution >= 4 is 23.0 Å². The average molecular weight is 394 g/mol. The fraction of sp³-hybridized carbons (Fsp3) is 0.273. The van der Waals surface area contributed by atoms with Crippen LogP contribution in [0.25, 0.3) is 0 Å². The molecule has 152 valence electrons. The summed E-state index contributed by atoms with van der Waals surface area (Å²) in [6.07, 6.45) is 0.141. The molecule has 0 atom stereocenters. The summed E-state index contributed by atoms with van der Waals surface area (Å²) in [4.78, 5) is 8.93. The number of rotatable bonds is 8. The van der Waals surface area contributed by atoms with Crippen LogP contribution in [0.5, 0.6) is 17.2 Å². The molecule has 0 saturated heterocycles. The first-order valence-electron chi connectivity index (χ1n) is 9.35. The van der Waals surface area contributed by atoms with E-state index in [0.29, 0.717) is 23.2 Å². The Labute approximate surface area is 171 Å². The first-order chi connectivity index (χ1) is 14.0. The van der Waals surface area contributed by atoms with Crippen LogP contribution in [0.1, 0.15) is 19.7 Å². The zero-order valence-electron chi connectivity index (χ0n) is 17.3. The van der Waals surface area contributed by atoms with Crippen LogP contribution in [-0.2, 0) is 0 Å². The minimum atomic E-state index is 0.141. The zero-order valence-corrected chi connectivity index (χ0v) is 17.3. The van der Waals surface area contributed by atoms with Crippen molar-refractivity contribution in [1.29, 1.82) is 0 Å². The van der Waals surface area contributed by atoms with Crippen LogP contribution in [0.2, 0.25) is 0 Å². The van der Waals surface area contributed by atoms with Gasteiger partial charge in [-0.3, -0.25) is 0 Å². The number of aromatic nitrogens is 2. The number of nitrogens with one attached hydrogen (secondary N) is 2. The van der Waals surface area contributed by atoms with E-state index in [-0.39, 0.29) is 6.10 Å². The highest BCUT2D eigenvalue weighted by Gasteiger charge is 2.09. The first kappa shape index (κ1) is 20.3. The molecule has 2 aromatic carbocycles. The minimum absolute atomic E-state index is 0.141. The van der Waals surface area contributed by atoms with Gasteiger partial charge in [0.1, 0.15) is 34.7 Å². The molecule has 7 heteroatoms. The van der Waals surface area contributed by atoms with Crippen molar-refractivity contribution in [2.75, 3.05) is 24.9 Å². The first-order valence-corrected chi connectivity index (χ1v) is 9.35. The SMILES string of the molecule is COc1ccc(Nc2cc(Nc3ccc(OC(C)C)cc3)nc(C)n2)c(OC)c1. The highest BCUT2D eigenvalue weighted by Crippen LogP contribution is 2.31. The van der Waals surface area contributed by atoms with Gasteiger partial charge in [-0.25, -0.2) is 9.97 Å². The largest absolute Gasteiger partial charge is 0.497 e. The molecule has 1 aromatic heterocycles. The molecule has 3 rings (SSSR count). The number of hydrogen-bond acceptors (Lipinski definition) is 7. The molecule has 3 aromatic rings. The lowest BCUT2D eigenvalue weighted by Gasteiger charge is -2.14. The predicted octanol–water partition coefficient (Wildman–Crippen LogP) is 5.08. The number of anilines is 4. The van der Waals surface area contributed by atoms with Gasteiger partial charge in [-0.1, -0.05) is 0 Å². The molecular formula is C22H26N4O3. The number of nitrogens with zero attached hydrogens (tertiary/aromatic N) is 2. The van der Waals surface area contributed by atoms with Gasteiger partial charge in [-0.2, -0.15) is 0 Å². The monoisotopic (exact) mass is 394 g/mol. The summed E-state index contributed by atoms with van der Waals surface area (Å²) in [6.45, 7) is 5.85. The van der Waals surface area contributed by atoms with Crippen LogP contribution in [0.4, 0.5) is 23.0 Å². The van der Waals surface area contributed by atoms with Crippen molar-refractivity contribution in [2.24, 2.45) is 0 Å². The fourth-order valence-corrected chi connectivity index (χ4v) is 2.77. The molecule has 7 nitrogen and oxygen atoms in total. The van der Waals surface area contributed by atoms with Crippen molar-refractivity contribution in [2.45, 2.75) is 26.9 Å². The molecule has 0 aliphatic heterocycles. The van der Waals surface area contributed by atoms with Gasteiger partial charge in [0, 0.05) is 17.8 Å². The van der Waals surface area contributed by atoms with Crippen LogP contribution < -0.4 is 24.8 Å². The Morgan fingerprint density at radius 1 is 0.793 bits per heavy atom. The molecular weight excluding hydrogens is 368 g/mol. The maximum Gasteiger partial charge on any atom is 0.146 e. The standard InChI is InChI=1S/C22H26N4O3/c1-14(2)29-17-8-6-16(7-9-17)25-21-13-22(24-15(3)23-21)26-19-11-10-18(27-4)12-20(19)28-5/h6-14H,1-5H3,(H2,23,24,25,26). The van der Waals surface area contributed by atoms with Crippen LogP contribution in [-0.4, -0.2) is 30.3 Å². The van der Waals surface area contributed by atoms with Crippen LogP contribution in [0, 0.1) is 6.92 Å². The van der Waals surface area contributed by atoms with Gasteiger partial charge >= 0.3 is 0 Å². The molecule has 0 spiro atoms. The van der Waals surface area contributed by atoms with E-state index in [4.69, 9.17) is 14.2 Å². The molecule has 0 saturated carbocycles. The summed E-state index contributed by atoms with van der Waals surface area (Å²) < 4.78 is 16.4. The van der Waals surface area contributed by atoms with Gasteiger partial charge in [-0.05, 0) is 57.2 Å². The van der Waals surface area contributed by atoms with Crippen LogP contribution in [0.3, 0.4) is 0 Å². The molecule has 29 heavy (non-hydrogen) atoms. The molecule has 0 bridgehead atoms. The fourth-order valence-electron chi connectivity index (χ4n) is 2.77. The Morgan fingerprint density at radius 2 is 1.45 bits per heavy atom. The highest BCUT2D eigenvalue weighted by molar-refractivity contribution is 5.68. The summed E-state index contributed by atoms with van der Waals surface area (Å²) in [5.74, 6) is 4.20. The van der Waals surface area contributed by atoms with Crippen LogP contribution >= 0.6 is 0 Å². The summed E-state index contributed by atoms with van der Waals surface area (Å²) >= 11 is 0. The van der Waals surface area contributed by atoms with E-state index in [0.717, 1.165) is 22.9 Å². The van der Waals surface area contributed by atoms with E-state index in [1.54, 1.807) is 14.2 Å². The number of hydrogen-bond donors (Lipinski definition) is 2. The third-order valence-electron chi connectivity index (χ3n) is 4.01. The van der Waals surface area contributed by atoms with Crippen molar-refractivity contribution in [3.05, 3.63) is 54.4 Å². The van der Waals surface area contributed by atoms with E-state index in [9.17, 15) is 0 Å². The van der Waals surface area contributed by atoms with Crippen molar-refractivity contribution in [3.63, 3.8) is 0 Å². The Hall–Kier alpha value is -3.48. The third-order valence-corrected chi connectivity index (χ3v) is 4.01.